The van der Waals surface area contributed by atoms with E-state index < -0.39 is 0 Å². The molecule has 0 atom stereocenters. The second kappa shape index (κ2) is 8.19. The Morgan fingerprint density at radius 3 is 2.55 bits per heavy atom. The molecular formula is C15H22N2O3. The van der Waals surface area contributed by atoms with Gasteiger partial charge in [-0.3, -0.25) is 9.59 Å². The van der Waals surface area contributed by atoms with Crippen molar-refractivity contribution in [1.82, 2.24) is 4.90 Å². The summed E-state index contributed by atoms with van der Waals surface area (Å²) in [5.74, 6) is 0.314. The number of benzene rings is 1. The molecule has 0 fully saturated rings. The number of nitrogens with one attached hydrogen (secondary N) is 1. The molecule has 0 aliphatic rings. The van der Waals surface area contributed by atoms with Crippen LogP contribution in [0.3, 0.4) is 0 Å². The Labute approximate surface area is 119 Å². The quantitative estimate of drug-likeness (QED) is 0.832. The second-order valence-electron chi connectivity index (χ2n) is 4.42. The largest absolute Gasteiger partial charge is 0.492 e. The van der Waals surface area contributed by atoms with Crippen molar-refractivity contribution in [2.45, 2.75) is 27.2 Å². The smallest absolute Gasteiger partial charge is 0.244 e. The Morgan fingerprint density at radius 1 is 1.25 bits per heavy atom. The summed E-state index contributed by atoms with van der Waals surface area (Å²) in [6.45, 7) is 6.49. The van der Waals surface area contributed by atoms with Gasteiger partial charge in [0.15, 0.2) is 0 Å². The summed E-state index contributed by atoms with van der Waals surface area (Å²) >= 11 is 0. The fourth-order valence-corrected chi connectivity index (χ4v) is 1.83. The Hall–Kier alpha value is -2.04. The van der Waals surface area contributed by atoms with Gasteiger partial charge in [-0.25, -0.2) is 0 Å². The van der Waals surface area contributed by atoms with Crippen LogP contribution in [-0.2, 0) is 9.59 Å². The molecule has 2 amide bonds. The van der Waals surface area contributed by atoms with E-state index in [2.05, 4.69) is 5.32 Å². The summed E-state index contributed by atoms with van der Waals surface area (Å²) in [6, 6.07) is 7.25. The standard InChI is InChI=1S/C15H22N2O3/c1-4-10-17(12(3)18)11-15(19)16-13-8-6-7-9-14(13)20-5-2/h6-9H,4-5,10-11H2,1-3H3,(H,16,19). The Bertz CT molecular complexity index is 460. The SMILES string of the molecule is CCCN(CC(=O)Nc1ccccc1OCC)C(C)=O. The molecule has 0 saturated heterocycles. The predicted octanol–water partition coefficient (Wildman–Crippen LogP) is 2.28. The first-order valence-electron chi connectivity index (χ1n) is 6.85. The normalized spacial score (nSPS) is 9.95. The highest BCUT2D eigenvalue weighted by Gasteiger charge is 2.14. The van der Waals surface area contributed by atoms with Crippen LogP contribution in [0.25, 0.3) is 0 Å². The highest BCUT2D eigenvalue weighted by atomic mass is 16.5. The summed E-state index contributed by atoms with van der Waals surface area (Å²) in [7, 11) is 0. The molecule has 1 rings (SSSR count). The van der Waals surface area contributed by atoms with E-state index in [-0.39, 0.29) is 18.4 Å². The van der Waals surface area contributed by atoms with Crippen LogP contribution in [0, 0.1) is 0 Å². The lowest BCUT2D eigenvalue weighted by Crippen LogP contribution is -2.37. The van der Waals surface area contributed by atoms with Gasteiger partial charge in [-0.15, -0.1) is 0 Å². The summed E-state index contributed by atoms with van der Waals surface area (Å²) in [5, 5.41) is 2.78. The molecule has 0 unspecified atom stereocenters. The number of anilines is 1. The van der Waals surface area contributed by atoms with E-state index in [1.807, 2.05) is 26.0 Å². The first kappa shape index (κ1) is 16.0. The first-order chi connectivity index (χ1) is 9.58. The van der Waals surface area contributed by atoms with Crippen LogP contribution in [0.1, 0.15) is 27.2 Å². The van der Waals surface area contributed by atoms with E-state index >= 15 is 0 Å². The monoisotopic (exact) mass is 278 g/mol. The molecule has 0 heterocycles. The number of carbonyl (C=O) groups excluding carboxylic acids is 2. The lowest BCUT2D eigenvalue weighted by molar-refractivity contribution is -0.132. The summed E-state index contributed by atoms with van der Waals surface area (Å²) in [4.78, 5) is 24.9. The number of hydrogen-bond donors (Lipinski definition) is 1. The lowest BCUT2D eigenvalue weighted by atomic mass is 10.3. The number of para-hydroxylation sites is 2. The minimum atomic E-state index is -0.221. The van der Waals surface area contributed by atoms with Crippen molar-refractivity contribution in [3.8, 4) is 5.75 Å². The molecule has 5 heteroatoms. The Kier molecular flexibility index (Phi) is 6.56. The van der Waals surface area contributed by atoms with E-state index in [4.69, 9.17) is 4.74 Å². The summed E-state index contributed by atoms with van der Waals surface area (Å²) in [5.41, 5.74) is 0.624. The second-order valence-corrected chi connectivity index (χ2v) is 4.42. The van der Waals surface area contributed by atoms with Crippen molar-refractivity contribution in [3.63, 3.8) is 0 Å². The van der Waals surface area contributed by atoms with Crippen LogP contribution in [0.5, 0.6) is 5.75 Å². The van der Waals surface area contributed by atoms with Crippen LogP contribution in [0.15, 0.2) is 24.3 Å². The maximum absolute atomic E-state index is 12.0. The average molecular weight is 278 g/mol. The molecule has 0 aromatic heterocycles. The Morgan fingerprint density at radius 2 is 1.95 bits per heavy atom. The third-order valence-corrected chi connectivity index (χ3v) is 2.73. The number of carbonyl (C=O) groups is 2. The maximum Gasteiger partial charge on any atom is 0.244 e. The van der Waals surface area contributed by atoms with E-state index in [1.54, 1.807) is 12.1 Å². The molecule has 0 bridgehead atoms. The molecule has 5 nitrogen and oxygen atoms in total. The highest BCUT2D eigenvalue weighted by Crippen LogP contribution is 2.23. The maximum atomic E-state index is 12.0. The van der Waals surface area contributed by atoms with Crippen molar-refractivity contribution >= 4 is 17.5 Å². The molecule has 1 aromatic rings. The fourth-order valence-electron chi connectivity index (χ4n) is 1.83. The molecule has 0 aliphatic heterocycles. The van der Waals surface area contributed by atoms with Gasteiger partial charge in [0.2, 0.25) is 11.8 Å². The van der Waals surface area contributed by atoms with E-state index in [0.717, 1.165) is 6.42 Å². The van der Waals surface area contributed by atoms with E-state index in [1.165, 1.54) is 11.8 Å². The predicted molar refractivity (Wildman–Crippen MR) is 78.8 cm³/mol. The minimum absolute atomic E-state index is 0.0592. The van der Waals surface area contributed by atoms with Crippen molar-refractivity contribution in [3.05, 3.63) is 24.3 Å². The molecule has 0 radical (unpaired) electrons. The van der Waals surface area contributed by atoms with Gasteiger partial charge >= 0.3 is 0 Å². The molecule has 0 aliphatic carbocycles. The number of rotatable bonds is 7. The lowest BCUT2D eigenvalue weighted by Gasteiger charge is -2.20. The van der Waals surface area contributed by atoms with Crippen LogP contribution in [-0.4, -0.2) is 36.4 Å². The summed E-state index contributed by atoms with van der Waals surface area (Å²) in [6.07, 6.45) is 0.822. The molecule has 20 heavy (non-hydrogen) atoms. The van der Waals surface area contributed by atoms with Gasteiger partial charge in [0.1, 0.15) is 5.75 Å². The highest BCUT2D eigenvalue weighted by molar-refractivity contribution is 5.95. The van der Waals surface area contributed by atoms with Crippen LogP contribution in [0.4, 0.5) is 5.69 Å². The molecule has 1 N–H and O–H groups in total. The molecule has 110 valence electrons. The molecule has 0 spiro atoms. The van der Waals surface area contributed by atoms with E-state index in [0.29, 0.717) is 24.6 Å². The van der Waals surface area contributed by atoms with Crippen molar-refractivity contribution in [1.29, 1.82) is 0 Å². The van der Waals surface area contributed by atoms with Gasteiger partial charge in [0.05, 0.1) is 18.8 Å². The van der Waals surface area contributed by atoms with Gasteiger partial charge in [0, 0.05) is 13.5 Å². The Balaban J connectivity index is 2.68. The van der Waals surface area contributed by atoms with Crippen molar-refractivity contribution < 1.29 is 14.3 Å². The van der Waals surface area contributed by atoms with Crippen molar-refractivity contribution in [2.75, 3.05) is 25.0 Å². The minimum Gasteiger partial charge on any atom is -0.492 e. The zero-order chi connectivity index (χ0) is 15.0. The number of ether oxygens (including phenoxy) is 1. The van der Waals surface area contributed by atoms with Gasteiger partial charge in [-0.2, -0.15) is 0 Å². The van der Waals surface area contributed by atoms with Gasteiger partial charge in [0.25, 0.3) is 0 Å². The van der Waals surface area contributed by atoms with Gasteiger partial charge < -0.3 is 15.0 Å². The molecule has 0 saturated carbocycles. The number of nitrogens with zero attached hydrogens (tertiary/aromatic N) is 1. The first-order valence-corrected chi connectivity index (χ1v) is 6.85. The number of amides is 2. The van der Waals surface area contributed by atoms with Crippen LogP contribution in [0.2, 0.25) is 0 Å². The zero-order valence-electron chi connectivity index (χ0n) is 12.3. The van der Waals surface area contributed by atoms with Crippen LogP contribution < -0.4 is 10.1 Å². The number of hydrogen-bond acceptors (Lipinski definition) is 3. The molecular weight excluding hydrogens is 256 g/mol. The van der Waals surface area contributed by atoms with Gasteiger partial charge in [-0.05, 0) is 25.5 Å². The third kappa shape index (κ3) is 4.91. The van der Waals surface area contributed by atoms with Crippen molar-refractivity contribution in [2.24, 2.45) is 0 Å². The fraction of sp³-hybridized carbons (Fsp3) is 0.467. The third-order valence-electron chi connectivity index (χ3n) is 2.73. The average Bonchev–Trinajstić information content (AvgIpc) is 2.40. The molecule has 1 aromatic carbocycles. The van der Waals surface area contributed by atoms with Crippen LogP contribution >= 0.6 is 0 Å². The van der Waals surface area contributed by atoms with E-state index in [9.17, 15) is 9.59 Å². The zero-order valence-corrected chi connectivity index (χ0v) is 12.3. The summed E-state index contributed by atoms with van der Waals surface area (Å²) < 4.78 is 5.44. The van der Waals surface area contributed by atoms with Gasteiger partial charge in [-0.1, -0.05) is 19.1 Å². The topological polar surface area (TPSA) is 58.6 Å².